The van der Waals surface area contributed by atoms with Crippen molar-refractivity contribution in [3.63, 3.8) is 0 Å². The van der Waals surface area contributed by atoms with Gasteiger partial charge in [0.05, 0.1) is 5.54 Å². The van der Waals surface area contributed by atoms with E-state index in [1.807, 2.05) is 6.92 Å². The summed E-state index contributed by atoms with van der Waals surface area (Å²) in [6.07, 6.45) is 0. The van der Waals surface area contributed by atoms with Crippen LogP contribution in [0, 0.1) is 0 Å². The van der Waals surface area contributed by atoms with E-state index in [1.54, 1.807) is 48.5 Å². The van der Waals surface area contributed by atoms with Gasteiger partial charge in [0.2, 0.25) is 0 Å². The number of nitrogens with two attached hydrogens (primary N) is 1. The summed E-state index contributed by atoms with van der Waals surface area (Å²) in [5.74, 6) is 0.436. The summed E-state index contributed by atoms with van der Waals surface area (Å²) in [5, 5.41) is 18.5. The van der Waals surface area contributed by atoms with Gasteiger partial charge in [0.25, 0.3) is 0 Å². The van der Waals surface area contributed by atoms with Crippen molar-refractivity contribution in [1.82, 2.24) is 0 Å². The fraction of sp³-hybridized carbons (Fsp3) is 0.143. The zero-order valence-corrected chi connectivity index (χ0v) is 9.59. The first-order valence-electron chi connectivity index (χ1n) is 5.38. The summed E-state index contributed by atoms with van der Waals surface area (Å²) < 4.78 is 0. The molecule has 0 aliphatic heterocycles. The standard InChI is InChI=1S/C14H15NO2/c1-14(15,10-2-6-12(16)7-3-10)11-4-8-13(17)9-5-11/h2-9,16-17H,15H2,1H3. The van der Waals surface area contributed by atoms with E-state index in [4.69, 9.17) is 5.73 Å². The second-order valence-corrected chi connectivity index (χ2v) is 4.30. The summed E-state index contributed by atoms with van der Waals surface area (Å²) in [4.78, 5) is 0. The Kier molecular flexibility index (Phi) is 2.77. The van der Waals surface area contributed by atoms with Gasteiger partial charge >= 0.3 is 0 Å². The molecule has 0 atom stereocenters. The summed E-state index contributed by atoms with van der Waals surface area (Å²) in [6, 6.07) is 13.6. The smallest absolute Gasteiger partial charge is 0.115 e. The molecule has 88 valence electrons. The molecule has 3 heteroatoms. The molecule has 2 aromatic rings. The fourth-order valence-corrected chi connectivity index (χ4v) is 1.78. The van der Waals surface area contributed by atoms with E-state index in [9.17, 15) is 10.2 Å². The number of hydrogen-bond donors (Lipinski definition) is 3. The van der Waals surface area contributed by atoms with Crippen molar-refractivity contribution in [2.24, 2.45) is 5.73 Å². The van der Waals surface area contributed by atoms with Gasteiger partial charge in [-0.3, -0.25) is 0 Å². The maximum absolute atomic E-state index is 9.26. The molecule has 0 bridgehead atoms. The number of benzene rings is 2. The molecule has 0 saturated carbocycles. The van der Waals surface area contributed by atoms with Gasteiger partial charge < -0.3 is 15.9 Å². The van der Waals surface area contributed by atoms with Crippen molar-refractivity contribution in [2.75, 3.05) is 0 Å². The minimum absolute atomic E-state index is 0.218. The van der Waals surface area contributed by atoms with Crippen LogP contribution in [0.5, 0.6) is 11.5 Å². The predicted molar refractivity (Wildman–Crippen MR) is 66.9 cm³/mol. The molecule has 0 saturated heterocycles. The van der Waals surface area contributed by atoms with Gasteiger partial charge in [-0.25, -0.2) is 0 Å². The van der Waals surface area contributed by atoms with Crippen molar-refractivity contribution in [3.8, 4) is 11.5 Å². The van der Waals surface area contributed by atoms with Gasteiger partial charge in [0.15, 0.2) is 0 Å². The second-order valence-electron chi connectivity index (χ2n) is 4.30. The van der Waals surface area contributed by atoms with Crippen molar-refractivity contribution in [2.45, 2.75) is 12.5 Å². The highest BCUT2D eigenvalue weighted by atomic mass is 16.3. The van der Waals surface area contributed by atoms with Crippen LogP contribution < -0.4 is 5.73 Å². The summed E-state index contributed by atoms with van der Waals surface area (Å²) in [5.41, 5.74) is 7.45. The second kappa shape index (κ2) is 4.11. The lowest BCUT2D eigenvalue weighted by Gasteiger charge is -2.26. The monoisotopic (exact) mass is 229 g/mol. The average Bonchev–Trinajstić information content (AvgIpc) is 2.30. The Morgan fingerprint density at radius 2 is 1.06 bits per heavy atom. The number of aromatic hydroxyl groups is 2. The Bertz CT molecular complexity index is 453. The zero-order chi connectivity index (χ0) is 12.5. The van der Waals surface area contributed by atoms with Gasteiger partial charge in [-0.05, 0) is 42.3 Å². The molecule has 0 aromatic heterocycles. The zero-order valence-electron chi connectivity index (χ0n) is 9.59. The van der Waals surface area contributed by atoms with Crippen LogP contribution in [0.4, 0.5) is 0 Å². The molecule has 0 amide bonds. The highest BCUT2D eigenvalue weighted by Gasteiger charge is 2.23. The molecule has 0 unspecified atom stereocenters. The molecule has 0 heterocycles. The van der Waals surface area contributed by atoms with Crippen LogP contribution in [0.3, 0.4) is 0 Å². The SMILES string of the molecule is CC(N)(c1ccc(O)cc1)c1ccc(O)cc1. The molecule has 0 radical (unpaired) electrons. The number of phenolic OH excluding ortho intramolecular Hbond substituents is 2. The van der Waals surface area contributed by atoms with Crippen LogP contribution in [0.2, 0.25) is 0 Å². The number of phenols is 2. The Morgan fingerprint density at radius 3 is 1.35 bits per heavy atom. The molecule has 3 nitrogen and oxygen atoms in total. The first-order valence-corrected chi connectivity index (χ1v) is 5.38. The lowest BCUT2D eigenvalue weighted by atomic mass is 9.86. The van der Waals surface area contributed by atoms with Crippen molar-refractivity contribution >= 4 is 0 Å². The molecule has 2 rings (SSSR count). The van der Waals surface area contributed by atoms with E-state index in [1.165, 1.54) is 0 Å². The van der Waals surface area contributed by atoms with Crippen LogP contribution in [0.15, 0.2) is 48.5 Å². The molecule has 0 spiro atoms. The number of hydrogen-bond acceptors (Lipinski definition) is 3. The number of rotatable bonds is 2. The van der Waals surface area contributed by atoms with Crippen LogP contribution >= 0.6 is 0 Å². The normalized spacial score (nSPS) is 11.4. The molecule has 0 fully saturated rings. The Hall–Kier alpha value is -2.00. The minimum Gasteiger partial charge on any atom is -0.508 e. The fourth-order valence-electron chi connectivity index (χ4n) is 1.78. The van der Waals surface area contributed by atoms with E-state index >= 15 is 0 Å². The van der Waals surface area contributed by atoms with Crippen molar-refractivity contribution < 1.29 is 10.2 Å². The van der Waals surface area contributed by atoms with E-state index in [0.717, 1.165) is 11.1 Å². The van der Waals surface area contributed by atoms with Crippen LogP contribution in [-0.2, 0) is 5.54 Å². The lowest BCUT2D eigenvalue weighted by Crippen LogP contribution is -2.34. The van der Waals surface area contributed by atoms with Crippen molar-refractivity contribution in [3.05, 3.63) is 59.7 Å². The van der Waals surface area contributed by atoms with Crippen molar-refractivity contribution in [1.29, 1.82) is 0 Å². The maximum Gasteiger partial charge on any atom is 0.115 e. The molecular formula is C14H15NO2. The summed E-state index contributed by atoms with van der Waals surface area (Å²) >= 11 is 0. The van der Waals surface area contributed by atoms with Crippen LogP contribution in [0.1, 0.15) is 18.1 Å². The molecule has 0 aliphatic rings. The average molecular weight is 229 g/mol. The molecule has 17 heavy (non-hydrogen) atoms. The predicted octanol–water partition coefficient (Wildman–Crippen LogP) is 2.32. The minimum atomic E-state index is -0.651. The highest BCUT2D eigenvalue weighted by Crippen LogP contribution is 2.28. The topological polar surface area (TPSA) is 66.5 Å². The maximum atomic E-state index is 9.26. The van der Waals surface area contributed by atoms with Gasteiger partial charge in [-0.15, -0.1) is 0 Å². The van der Waals surface area contributed by atoms with E-state index in [0.29, 0.717) is 0 Å². The summed E-state index contributed by atoms with van der Waals surface area (Å²) in [7, 11) is 0. The Morgan fingerprint density at radius 1 is 0.765 bits per heavy atom. The first kappa shape index (κ1) is 11.5. The third-order valence-corrected chi connectivity index (χ3v) is 2.93. The lowest BCUT2D eigenvalue weighted by molar-refractivity contribution is 0.473. The summed E-state index contributed by atoms with van der Waals surface area (Å²) in [6.45, 7) is 1.89. The molecule has 4 N–H and O–H groups in total. The van der Waals surface area contributed by atoms with Gasteiger partial charge in [0, 0.05) is 0 Å². The highest BCUT2D eigenvalue weighted by molar-refractivity contribution is 5.40. The van der Waals surface area contributed by atoms with E-state index in [-0.39, 0.29) is 11.5 Å². The van der Waals surface area contributed by atoms with E-state index in [2.05, 4.69) is 0 Å². The van der Waals surface area contributed by atoms with Crippen LogP contribution in [-0.4, -0.2) is 10.2 Å². The van der Waals surface area contributed by atoms with Crippen LogP contribution in [0.25, 0.3) is 0 Å². The third kappa shape index (κ3) is 2.24. The third-order valence-electron chi connectivity index (χ3n) is 2.93. The van der Waals surface area contributed by atoms with Gasteiger partial charge in [-0.1, -0.05) is 24.3 Å². The molecular weight excluding hydrogens is 214 g/mol. The largest absolute Gasteiger partial charge is 0.508 e. The Labute approximate surface area is 100 Å². The van der Waals surface area contributed by atoms with Gasteiger partial charge in [-0.2, -0.15) is 0 Å². The molecule has 0 aliphatic carbocycles. The van der Waals surface area contributed by atoms with Gasteiger partial charge in [0.1, 0.15) is 11.5 Å². The molecule has 2 aromatic carbocycles. The van der Waals surface area contributed by atoms with E-state index < -0.39 is 5.54 Å². The quantitative estimate of drug-likeness (QED) is 0.740. The first-order chi connectivity index (χ1) is 8.00. The Balaban J connectivity index is 2.41.